The molecule has 0 fully saturated rings. The second-order valence-corrected chi connectivity index (χ2v) is 2.96. The Morgan fingerprint density at radius 2 is 2.00 bits per heavy atom. The quantitative estimate of drug-likeness (QED) is 0.587. The third kappa shape index (κ3) is 3.45. The number of hydrogen-bond donors (Lipinski definition) is 2. The molecule has 60 valence electrons. The predicted octanol–water partition coefficient (Wildman–Crippen LogP) is 0.0927. The van der Waals surface area contributed by atoms with Gasteiger partial charge in [-0.3, -0.25) is 4.79 Å². The first-order valence-corrected chi connectivity index (χ1v) is 3.57. The largest absolute Gasteiger partial charge is 0.369 e. The van der Waals surface area contributed by atoms with E-state index in [1.54, 1.807) is 0 Å². The Morgan fingerprint density at radius 3 is 2.10 bits per heavy atom. The zero-order chi connectivity index (χ0) is 8.15. The molecule has 10 heavy (non-hydrogen) atoms. The van der Waals surface area contributed by atoms with Crippen LogP contribution in [0.5, 0.6) is 0 Å². The van der Waals surface area contributed by atoms with Gasteiger partial charge in [-0.2, -0.15) is 0 Å². The van der Waals surface area contributed by atoms with Crippen LogP contribution in [-0.2, 0) is 4.79 Å². The van der Waals surface area contributed by atoms with Crippen LogP contribution >= 0.6 is 0 Å². The van der Waals surface area contributed by atoms with Gasteiger partial charge in [0.1, 0.15) is 0 Å². The number of hydrogen-bond acceptors (Lipinski definition) is 2. The van der Waals surface area contributed by atoms with E-state index in [1.807, 2.05) is 13.8 Å². The molecule has 0 radical (unpaired) electrons. The van der Waals surface area contributed by atoms with E-state index in [2.05, 4.69) is 0 Å². The van der Waals surface area contributed by atoms with Crippen molar-refractivity contribution >= 4 is 5.91 Å². The van der Waals surface area contributed by atoms with Crippen LogP contribution in [0.4, 0.5) is 0 Å². The van der Waals surface area contributed by atoms with E-state index >= 15 is 0 Å². The van der Waals surface area contributed by atoms with Gasteiger partial charge in [-0.15, -0.1) is 0 Å². The Labute approximate surface area is 61.8 Å². The normalized spacial score (nSPS) is 13.6. The number of nitrogens with two attached hydrogens (primary N) is 2. The van der Waals surface area contributed by atoms with E-state index in [1.165, 1.54) is 0 Å². The lowest BCUT2D eigenvalue weighted by Gasteiger charge is -2.12. The first-order chi connectivity index (χ1) is 4.57. The van der Waals surface area contributed by atoms with E-state index in [4.69, 9.17) is 11.5 Å². The molecule has 0 aliphatic carbocycles. The van der Waals surface area contributed by atoms with Crippen LogP contribution < -0.4 is 11.5 Å². The number of primary amides is 1. The zero-order valence-corrected chi connectivity index (χ0v) is 6.63. The summed E-state index contributed by atoms with van der Waals surface area (Å²) in [5, 5.41) is 0. The number of carbonyl (C=O) groups is 1. The molecule has 0 heterocycles. The molecule has 0 bridgehead atoms. The Morgan fingerprint density at radius 1 is 1.50 bits per heavy atom. The Hall–Kier alpha value is -0.570. The molecule has 0 aliphatic rings. The second kappa shape index (κ2) is 4.28. The van der Waals surface area contributed by atoms with Gasteiger partial charge in [-0.05, 0) is 12.3 Å². The smallest absolute Gasteiger partial charge is 0.221 e. The van der Waals surface area contributed by atoms with Crippen LogP contribution in [0.25, 0.3) is 0 Å². The highest BCUT2D eigenvalue weighted by molar-refractivity contribution is 5.76. The van der Waals surface area contributed by atoms with Gasteiger partial charge in [-0.1, -0.05) is 13.8 Å². The topological polar surface area (TPSA) is 69.1 Å². The molecule has 0 saturated heterocycles. The molecule has 0 saturated carbocycles. The molecule has 4 N–H and O–H groups in total. The molecule has 0 unspecified atom stereocenters. The SMILES string of the molecule is CC(C)C[C@H](CN)C(N)=O. The molecule has 0 aromatic rings. The minimum Gasteiger partial charge on any atom is -0.369 e. The molecule has 1 atom stereocenters. The van der Waals surface area contributed by atoms with Gasteiger partial charge in [0.05, 0.1) is 5.92 Å². The molecule has 3 heteroatoms. The highest BCUT2D eigenvalue weighted by atomic mass is 16.1. The van der Waals surface area contributed by atoms with Crippen molar-refractivity contribution in [2.24, 2.45) is 23.3 Å². The first kappa shape index (κ1) is 9.43. The summed E-state index contributed by atoms with van der Waals surface area (Å²) in [6, 6.07) is 0. The van der Waals surface area contributed by atoms with Crippen molar-refractivity contribution in [3.8, 4) is 0 Å². The summed E-state index contributed by atoms with van der Waals surface area (Å²) >= 11 is 0. The summed E-state index contributed by atoms with van der Waals surface area (Å²) in [7, 11) is 0. The van der Waals surface area contributed by atoms with Gasteiger partial charge >= 0.3 is 0 Å². The van der Waals surface area contributed by atoms with Crippen molar-refractivity contribution in [2.45, 2.75) is 20.3 Å². The Balaban J connectivity index is 3.72. The van der Waals surface area contributed by atoms with Crippen molar-refractivity contribution in [3.63, 3.8) is 0 Å². The Kier molecular flexibility index (Phi) is 4.03. The zero-order valence-electron chi connectivity index (χ0n) is 6.63. The molecule has 0 aliphatic heterocycles. The minimum absolute atomic E-state index is 0.139. The van der Waals surface area contributed by atoms with Crippen molar-refractivity contribution in [3.05, 3.63) is 0 Å². The fourth-order valence-electron chi connectivity index (χ4n) is 0.898. The molecule has 0 spiro atoms. The third-order valence-corrected chi connectivity index (χ3v) is 1.44. The average molecular weight is 144 g/mol. The number of carbonyl (C=O) groups excluding carboxylic acids is 1. The van der Waals surface area contributed by atoms with Gasteiger partial charge < -0.3 is 11.5 Å². The molecule has 1 amide bonds. The maximum Gasteiger partial charge on any atom is 0.221 e. The van der Waals surface area contributed by atoms with Gasteiger partial charge in [0.2, 0.25) is 5.91 Å². The summed E-state index contributed by atoms with van der Waals surface area (Å²) in [5.41, 5.74) is 10.4. The van der Waals surface area contributed by atoms with Crippen LogP contribution in [0.1, 0.15) is 20.3 Å². The van der Waals surface area contributed by atoms with Gasteiger partial charge in [0.25, 0.3) is 0 Å². The van der Waals surface area contributed by atoms with Crippen LogP contribution in [0.15, 0.2) is 0 Å². The summed E-state index contributed by atoms with van der Waals surface area (Å²) in [5.74, 6) is 0.0669. The van der Waals surface area contributed by atoms with Crippen molar-refractivity contribution in [1.29, 1.82) is 0 Å². The highest BCUT2D eigenvalue weighted by Crippen LogP contribution is 2.08. The summed E-state index contributed by atoms with van der Waals surface area (Å²) in [6.45, 7) is 4.46. The van der Waals surface area contributed by atoms with Crippen molar-refractivity contribution < 1.29 is 4.79 Å². The molecular formula is C7H16N2O. The molecule has 3 nitrogen and oxygen atoms in total. The molecule has 0 aromatic carbocycles. The van der Waals surface area contributed by atoms with Gasteiger partial charge in [0, 0.05) is 6.54 Å². The maximum absolute atomic E-state index is 10.6. The van der Waals surface area contributed by atoms with E-state index in [9.17, 15) is 4.79 Å². The minimum atomic E-state index is -0.281. The lowest BCUT2D eigenvalue weighted by atomic mass is 9.97. The molecule has 0 rings (SSSR count). The summed E-state index contributed by atoms with van der Waals surface area (Å²) < 4.78 is 0. The monoisotopic (exact) mass is 144 g/mol. The number of rotatable bonds is 4. The standard InChI is InChI=1S/C7H16N2O/c1-5(2)3-6(4-8)7(9)10/h5-6H,3-4,8H2,1-2H3,(H2,9,10)/t6-/m1/s1. The fraction of sp³-hybridized carbons (Fsp3) is 0.857. The lowest BCUT2D eigenvalue weighted by molar-refractivity contribution is -0.121. The van der Waals surface area contributed by atoms with Gasteiger partial charge in [0.15, 0.2) is 0 Å². The highest BCUT2D eigenvalue weighted by Gasteiger charge is 2.13. The second-order valence-electron chi connectivity index (χ2n) is 2.96. The van der Waals surface area contributed by atoms with Crippen LogP contribution in [0.3, 0.4) is 0 Å². The van der Waals surface area contributed by atoms with Crippen LogP contribution in [0.2, 0.25) is 0 Å². The van der Waals surface area contributed by atoms with Crippen molar-refractivity contribution in [2.75, 3.05) is 6.54 Å². The molecular weight excluding hydrogens is 128 g/mol. The fourth-order valence-corrected chi connectivity index (χ4v) is 0.898. The first-order valence-electron chi connectivity index (χ1n) is 3.57. The molecule has 0 aromatic heterocycles. The van der Waals surface area contributed by atoms with Crippen LogP contribution in [0, 0.1) is 11.8 Å². The van der Waals surface area contributed by atoms with E-state index in [0.717, 1.165) is 6.42 Å². The van der Waals surface area contributed by atoms with Crippen molar-refractivity contribution in [1.82, 2.24) is 0 Å². The summed E-state index contributed by atoms with van der Waals surface area (Å²) in [6.07, 6.45) is 0.797. The maximum atomic E-state index is 10.6. The third-order valence-electron chi connectivity index (χ3n) is 1.44. The van der Waals surface area contributed by atoms with E-state index in [0.29, 0.717) is 12.5 Å². The van der Waals surface area contributed by atoms with E-state index in [-0.39, 0.29) is 11.8 Å². The van der Waals surface area contributed by atoms with Crippen LogP contribution in [-0.4, -0.2) is 12.5 Å². The predicted molar refractivity (Wildman–Crippen MR) is 41.2 cm³/mol. The Bertz CT molecular complexity index is 112. The summed E-state index contributed by atoms with van der Waals surface area (Å²) in [4.78, 5) is 10.6. The lowest BCUT2D eigenvalue weighted by Crippen LogP contribution is -2.30. The number of amides is 1. The van der Waals surface area contributed by atoms with Gasteiger partial charge in [-0.25, -0.2) is 0 Å². The van der Waals surface area contributed by atoms with E-state index < -0.39 is 0 Å². The average Bonchev–Trinajstić information content (AvgIpc) is 1.81.